The molecular formula is C24H27N3O8. The predicted molar refractivity (Wildman–Crippen MR) is 123 cm³/mol. The molecule has 2 aromatic rings. The molecule has 0 bridgehead atoms. The number of esters is 1. The molecule has 0 saturated carbocycles. The van der Waals surface area contributed by atoms with Crippen LogP contribution in [0.15, 0.2) is 60.7 Å². The molecule has 186 valence electrons. The van der Waals surface area contributed by atoms with Gasteiger partial charge < -0.3 is 30.5 Å². The van der Waals surface area contributed by atoms with Crippen LogP contribution >= 0.6 is 0 Å². The minimum Gasteiger partial charge on any atom is -0.480 e. The summed E-state index contributed by atoms with van der Waals surface area (Å²) in [7, 11) is 1.13. The van der Waals surface area contributed by atoms with Crippen molar-refractivity contribution < 1.29 is 38.6 Å². The average Bonchev–Trinajstić information content (AvgIpc) is 2.86. The highest BCUT2D eigenvalue weighted by atomic mass is 16.5. The molecule has 0 aliphatic carbocycles. The summed E-state index contributed by atoms with van der Waals surface area (Å²) in [6.07, 6.45) is -1.42. The van der Waals surface area contributed by atoms with E-state index in [-0.39, 0.29) is 13.0 Å². The van der Waals surface area contributed by atoms with Crippen LogP contribution in [0.25, 0.3) is 0 Å². The van der Waals surface area contributed by atoms with Crippen LogP contribution in [0.2, 0.25) is 0 Å². The van der Waals surface area contributed by atoms with Gasteiger partial charge in [0.15, 0.2) is 0 Å². The Balaban J connectivity index is 2.10. The van der Waals surface area contributed by atoms with Gasteiger partial charge in [-0.1, -0.05) is 60.7 Å². The Morgan fingerprint density at radius 2 is 1.43 bits per heavy atom. The van der Waals surface area contributed by atoms with Crippen LogP contribution in [0.5, 0.6) is 0 Å². The summed E-state index contributed by atoms with van der Waals surface area (Å²) < 4.78 is 9.71. The second kappa shape index (κ2) is 14.0. The number of carbonyl (C=O) groups is 5. The van der Waals surface area contributed by atoms with Crippen LogP contribution in [0.4, 0.5) is 4.79 Å². The van der Waals surface area contributed by atoms with Crippen molar-refractivity contribution in [3.63, 3.8) is 0 Å². The number of carbonyl (C=O) groups excluding carboxylic acids is 4. The first-order valence-electron chi connectivity index (χ1n) is 10.7. The van der Waals surface area contributed by atoms with E-state index in [1.165, 1.54) is 0 Å². The number of amides is 3. The molecule has 11 heteroatoms. The molecule has 2 aromatic carbocycles. The molecule has 35 heavy (non-hydrogen) atoms. The van der Waals surface area contributed by atoms with E-state index in [1.54, 1.807) is 60.7 Å². The lowest BCUT2D eigenvalue weighted by Crippen LogP contribution is -2.55. The molecule has 0 spiro atoms. The van der Waals surface area contributed by atoms with Crippen molar-refractivity contribution >= 4 is 29.8 Å². The molecule has 0 aromatic heterocycles. The van der Waals surface area contributed by atoms with E-state index in [9.17, 15) is 24.0 Å². The van der Waals surface area contributed by atoms with Crippen LogP contribution in [0, 0.1) is 0 Å². The summed E-state index contributed by atoms with van der Waals surface area (Å²) in [4.78, 5) is 60.5. The molecule has 4 N–H and O–H groups in total. The highest BCUT2D eigenvalue weighted by molar-refractivity contribution is 5.94. The lowest BCUT2D eigenvalue weighted by Gasteiger charge is -2.22. The van der Waals surface area contributed by atoms with Gasteiger partial charge in [0, 0.05) is 6.42 Å². The Kier molecular flexibility index (Phi) is 10.7. The quantitative estimate of drug-likeness (QED) is 0.321. The minimum atomic E-state index is -1.41. The average molecular weight is 485 g/mol. The highest BCUT2D eigenvalue weighted by Crippen LogP contribution is 2.06. The van der Waals surface area contributed by atoms with Crippen LogP contribution in [-0.4, -0.2) is 60.7 Å². The molecule has 0 fully saturated rings. The fourth-order valence-electron chi connectivity index (χ4n) is 2.98. The van der Waals surface area contributed by atoms with Gasteiger partial charge in [0.2, 0.25) is 11.8 Å². The number of methoxy groups -OCH3 is 1. The van der Waals surface area contributed by atoms with E-state index in [2.05, 4.69) is 20.7 Å². The minimum absolute atomic E-state index is 0.0431. The maximum absolute atomic E-state index is 13.0. The summed E-state index contributed by atoms with van der Waals surface area (Å²) in [5.41, 5.74) is 1.41. The Labute approximate surface area is 201 Å². The van der Waals surface area contributed by atoms with Crippen molar-refractivity contribution in [1.82, 2.24) is 16.0 Å². The molecule has 0 radical (unpaired) electrons. The molecular weight excluding hydrogens is 458 g/mol. The molecule has 0 saturated heterocycles. The number of hydrogen-bond acceptors (Lipinski definition) is 7. The van der Waals surface area contributed by atoms with E-state index < -0.39 is 54.9 Å². The van der Waals surface area contributed by atoms with Crippen LogP contribution in [0.1, 0.15) is 17.5 Å². The van der Waals surface area contributed by atoms with Crippen molar-refractivity contribution in [3.05, 3.63) is 71.8 Å². The SMILES string of the molecule is COC(=O)CC(NC(=O)OCc1ccccc1)C(=O)NC(Cc1ccccc1)C(=O)NCC(=O)O. The molecule has 2 atom stereocenters. The van der Waals surface area contributed by atoms with Gasteiger partial charge in [0.05, 0.1) is 13.5 Å². The van der Waals surface area contributed by atoms with Gasteiger partial charge in [-0.2, -0.15) is 0 Å². The van der Waals surface area contributed by atoms with Gasteiger partial charge in [-0.3, -0.25) is 19.2 Å². The zero-order chi connectivity index (χ0) is 25.6. The number of nitrogens with one attached hydrogen (secondary N) is 3. The van der Waals surface area contributed by atoms with Gasteiger partial charge in [0.25, 0.3) is 0 Å². The number of carboxylic acids is 1. The lowest BCUT2D eigenvalue weighted by molar-refractivity contribution is -0.143. The maximum atomic E-state index is 13.0. The van der Waals surface area contributed by atoms with Crippen molar-refractivity contribution in [2.45, 2.75) is 31.5 Å². The first kappa shape index (κ1) is 26.8. The standard InChI is InChI=1S/C24H27N3O8/c1-34-21(30)13-19(27-24(33)35-15-17-10-6-3-7-11-17)23(32)26-18(22(31)25-14-20(28)29)12-16-8-4-2-5-9-16/h2-11,18-19H,12-15H2,1H3,(H,25,31)(H,26,32)(H,27,33)(H,28,29). The zero-order valence-corrected chi connectivity index (χ0v) is 19.1. The van der Waals surface area contributed by atoms with E-state index in [4.69, 9.17) is 9.84 Å². The van der Waals surface area contributed by atoms with Gasteiger partial charge in [0.1, 0.15) is 25.2 Å². The Hall–Kier alpha value is -4.41. The molecule has 0 aliphatic heterocycles. The molecule has 3 amide bonds. The van der Waals surface area contributed by atoms with Crippen LogP contribution in [-0.2, 0) is 41.7 Å². The van der Waals surface area contributed by atoms with E-state index in [0.717, 1.165) is 12.7 Å². The Bertz CT molecular complexity index is 1010. The number of ether oxygens (including phenoxy) is 2. The number of aliphatic carboxylic acids is 1. The summed E-state index contributed by atoms with van der Waals surface area (Å²) in [5.74, 6) is -3.62. The second-order valence-corrected chi connectivity index (χ2v) is 7.40. The number of carboxylic acid groups (broad SMARTS) is 1. The third-order valence-electron chi connectivity index (χ3n) is 4.75. The van der Waals surface area contributed by atoms with Gasteiger partial charge in [-0.25, -0.2) is 4.79 Å². The van der Waals surface area contributed by atoms with E-state index in [1.807, 2.05) is 0 Å². The van der Waals surface area contributed by atoms with Crippen molar-refractivity contribution in [1.29, 1.82) is 0 Å². The fourth-order valence-corrected chi connectivity index (χ4v) is 2.98. The normalized spacial score (nSPS) is 11.9. The molecule has 0 heterocycles. The summed E-state index contributed by atoms with van der Waals surface area (Å²) in [6.45, 7) is -0.705. The summed E-state index contributed by atoms with van der Waals surface area (Å²) in [5, 5.41) is 15.9. The number of alkyl carbamates (subject to hydrolysis) is 1. The highest BCUT2D eigenvalue weighted by Gasteiger charge is 2.29. The fraction of sp³-hybridized carbons (Fsp3) is 0.292. The lowest BCUT2D eigenvalue weighted by atomic mass is 10.0. The number of benzene rings is 2. The zero-order valence-electron chi connectivity index (χ0n) is 19.1. The maximum Gasteiger partial charge on any atom is 0.408 e. The second-order valence-electron chi connectivity index (χ2n) is 7.40. The first-order valence-corrected chi connectivity index (χ1v) is 10.7. The predicted octanol–water partition coefficient (Wildman–Crippen LogP) is 0.773. The molecule has 11 nitrogen and oxygen atoms in total. The van der Waals surface area contributed by atoms with Gasteiger partial charge in [-0.05, 0) is 11.1 Å². The van der Waals surface area contributed by atoms with Crippen LogP contribution in [0.3, 0.4) is 0 Å². The third kappa shape index (κ3) is 9.95. The summed E-state index contributed by atoms with van der Waals surface area (Å²) in [6, 6.07) is 15.0. The Morgan fingerprint density at radius 1 is 0.829 bits per heavy atom. The first-order chi connectivity index (χ1) is 16.8. The van der Waals surface area contributed by atoms with Crippen molar-refractivity contribution in [3.8, 4) is 0 Å². The smallest absolute Gasteiger partial charge is 0.408 e. The van der Waals surface area contributed by atoms with Crippen molar-refractivity contribution in [2.75, 3.05) is 13.7 Å². The van der Waals surface area contributed by atoms with E-state index >= 15 is 0 Å². The van der Waals surface area contributed by atoms with Crippen LogP contribution < -0.4 is 16.0 Å². The van der Waals surface area contributed by atoms with Gasteiger partial charge in [-0.15, -0.1) is 0 Å². The largest absolute Gasteiger partial charge is 0.480 e. The number of hydrogen-bond donors (Lipinski definition) is 4. The topological polar surface area (TPSA) is 160 Å². The van der Waals surface area contributed by atoms with Crippen molar-refractivity contribution in [2.24, 2.45) is 0 Å². The monoisotopic (exact) mass is 485 g/mol. The molecule has 2 rings (SSSR count). The summed E-state index contributed by atoms with van der Waals surface area (Å²) >= 11 is 0. The molecule has 0 aliphatic rings. The van der Waals surface area contributed by atoms with E-state index in [0.29, 0.717) is 5.56 Å². The third-order valence-corrected chi connectivity index (χ3v) is 4.75. The molecule has 2 unspecified atom stereocenters. The Morgan fingerprint density at radius 3 is 2.00 bits per heavy atom. The van der Waals surface area contributed by atoms with Gasteiger partial charge >= 0.3 is 18.0 Å². The number of rotatable bonds is 12.